The van der Waals surface area contributed by atoms with Gasteiger partial charge in [0, 0.05) is 12.4 Å². The first-order chi connectivity index (χ1) is 8.09. The van der Waals surface area contributed by atoms with E-state index in [1.807, 2.05) is 13.0 Å². The normalized spacial score (nSPS) is 10.2. The molecule has 2 heterocycles. The van der Waals surface area contributed by atoms with Gasteiger partial charge in [-0.15, -0.1) is 0 Å². The quantitative estimate of drug-likeness (QED) is 0.919. The fourth-order valence-corrected chi connectivity index (χ4v) is 1.71. The molecule has 0 unspecified atom stereocenters. The van der Waals surface area contributed by atoms with Crippen molar-refractivity contribution in [3.8, 4) is 11.5 Å². The first kappa shape index (κ1) is 11.7. The molecule has 1 N–H and O–H groups in total. The molecule has 0 saturated carbocycles. The van der Waals surface area contributed by atoms with Crippen LogP contribution in [0.1, 0.15) is 16.1 Å². The summed E-state index contributed by atoms with van der Waals surface area (Å²) in [4.78, 5) is 23.1. The van der Waals surface area contributed by atoms with Gasteiger partial charge in [0.2, 0.25) is 0 Å². The summed E-state index contributed by atoms with van der Waals surface area (Å²) in [6, 6.07) is 3.67. The Morgan fingerprint density at radius 3 is 2.82 bits per heavy atom. The van der Waals surface area contributed by atoms with Crippen molar-refractivity contribution in [2.24, 2.45) is 0 Å². The Hall–Kier alpha value is -1.82. The predicted octanol–water partition coefficient (Wildman–Crippen LogP) is 2.31. The van der Waals surface area contributed by atoms with Crippen LogP contribution < -0.4 is 0 Å². The Morgan fingerprint density at radius 2 is 2.18 bits per heavy atom. The van der Waals surface area contributed by atoms with E-state index in [0.29, 0.717) is 16.0 Å². The minimum atomic E-state index is -1.10. The van der Waals surface area contributed by atoms with Gasteiger partial charge in [0.25, 0.3) is 0 Å². The summed E-state index contributed by atoms with van der Waals surface area (Å²) in [6.07, 6.45) is 3.04. The molecule has 0 aliphatic carbocycles. The third-order valence-electron chi connectivity index (χ3n) is 2.17. The highest BCUT2D eigenvalue weighted by molar-refractivity contribution is 9.10. The lowest BCUT2D eigenvalue weighted by atomic mass is 10.2. The Morgan fingerprint density at radius 1 is 1.41 bits per heavy atom. The molecule has 0 spiro atoms. The van der Waals surface area contributed by atoms with E-state index in [4.69, 9.17) is 5.11 Å². The number of carboxylic acid groups (broad SMARTS) is 1. The number of aromatic carboxylic acids is 1. The van der Waals surface area contributed by atoms with Crippen molar-refractivity contribution >= 4 is 21.9 Å². The number of aryl methyl sites for hydroxylation is 1. The third-order valence-corrected chi connectivity index (χ3v) is 2.75. The highest BCUT2D eigenvalue weighted by atomic mass is 79.9. The highest BCUT2D eigenvalue weighted by Crippen LogP contribution is 2.20. The smallest absolute Gasteiger partial charge is 0.355 e. The Bertz CT molecular complexity index is 587. The van der Waals surface area contributed by atoms with Crippen LogP contribution in [0.4, 0.5) is 0 Å². The van der Waals surface area contributed by atoms with E-state index in [1.54, 1.807) is 12.3 Å². The second kappa shape index (κ2) is 4.58. The average Bonchev–Trinajstić information content (AvgIpc) is 2.30. The monoisotopic (exact) mass is 293 g/mol. The molecule has 0 radical (unpaired) electrons. The molecule has 0 bridgehead atoms. The zero-order valence-electron chi connectivity index (χ0n) is 8.88. The van der Waals surface area contributed by atoms with Gasteiger partial charge in [-0.3, -0.25) is 4.98 Å². The van der Waals surface area contributed by atoms with Gasteiger partial charge in [-0.25, -0.2) is 14.8 Å². The number of hydrogen-bond donors (Lipinski definition) is 1. The van der Waals surface area contributed by atoms with Crippen molar-refractivity contribution in [1.29, 1.82) is 0 Å². The van der Waals surface area contributed by atoms with Crippen molar-refractivity contribution in [2.45, 2.75) is 6.92 Å². The maximum absolute atomic E-state index is 10.9. The summed E-state index contributed by atoms with van der Waals surface area (Å²) in [5.41, 5.74) is 1.41. The van der Waals surface area contributed by atoms with Gasteiger partial charge < -0.3 is 5.11 Å². The molecule has 2 rings (SSSR count). The molecule has 0 amide bonds. The number of rotatable bonds is 2. The summed E-state index contributed by atoms with van der Waals surface area (Å²) in [5, 5.41) is 8.97. The van der Waals surface area contributed by atoms with Crippen molar-refractivity contribution in [3.63, 3.8) is 0 Å². The van der Waals surface area contributed by atoms with Crippen LogP contribution >= 0.6 is 15.9 Å². The molecule has 0 aliphatic heterocycles. The fraction of sp³-hybridized carbons (Fsp3) is 0.0909. The largest absolute Gasteiger partial charge is 0.476 e. The first-order valence-corrected chi connectivity index (χ1v) is 5.56. The number of pyridine rings is 1. The van der Waals surface area contributed by atoms with Gasteiger partial charge in [-0.2, -0.15) is 0 Å². The summed E-state index contributed by atoms with van der Waals surface area (Å²) < 4.78 is 0.349. The maximum atomic E-state index is 10.9. The third kappa shape index (κ3) is 2.31. The van der Waals surface area contributed by atoms with Crippen molar-refractivity contribution in [2.75, 3.05) is 0 Å². The Balaban J connectivity index is 2.58. The van der Waals surface area contributed by atoms with E-state index in [1.165, 1.54) is 6.20 Å². The van der Waals surface area contributed by atoms with Crippen LogP contribution in [0.15, 0.2) is 29.0 Å². The molecule has 86 valence electrons. The molecular weight excluding hydrogens is 286 g/mol. The van der Waals surface area contributed by atoms with Crippen LogP contribution in [0.3, 0.4) is 0 Å². The lowest BCUT2D eigenvalue weighted by Gasteiger charge is -2.04. The molecule has 0 aliphatic rings. The molecule has 0 fully saturated rings. The number of carboxylic acids is 1. The maximum Gasteiger partial charge on any atom is 0.355 e. The van der Waals surface area contributed by atoms with E-state index in [9.17, 15) is 4.79 Å². The van der Waals surface area contributed by atoms with Crippen LogP contribution in [-0.4, -0.2) is 26.0 Å². The van der Waals surface area contributed by atoms with Crippen molar-refractivity contribution in [1.82, 2.24) is 15.0 Å². The first-order valence-electron chi connectivity index (χ1n) is 4.77. The number of hydrogen-bond acceptors (Lipinski definition) is 4. The van der Waals surface area contributed by atoms with Gasteiger partial charge >= 0.3 is 5.97 Å². The second-order valence-corrected chi connectivity index (χ2v) is 4.22. The summed E-state index contributed by atoms with van der Waals surface area (Å²) in [5.74, 6) is -0.794. The lowest BCUT2D eigenvalue weighted by Crippen LogP contribution is -2.05. The van der Waals surface area contributed by atoms with Crippen LogP contribution in [0.25, 0.3) is 11.5 Å². The van der Waals surface area contributed by atoms with E-state index in [-0.39, 0.29) is 5.69 Å². The standard InChI is InChI=1S/C11H8BrN3O2/c1-6-3-2-4-13-8(6)10-14-5-7(12)9(15-10)11(16)17/h2-5H,1H3,(H,16,17). The molecular formula is C11H8BrN3O2. The summed E-state index contributed by atoms with van der Waals surface area (Å²) in [6.45, 7) is 1.87. The van der Waals surface area contributed by atoms with E-state index < -0.39 is 5.97 Å². The zero-order valence-corrected chi connectivity index (χ0v) is 10.5. The number of aromatic nitrogens is 3. The molecule has 0 saturated heterocycles. The lowest BCUT2D eigenvalue weighted by molar-refractivity contribution is 0.0689. The Kier molecular flexibility index (Phi) is 3.14. The van der Waals surface area contributed by atoms with Crippen LogP contribution in [0.5, 0.6) is 0 Å². The van der Waals surface area contributed by atoms with Gasteiger partial charge in [0.1, 0.15) is 5.69 Å². The molecule has 0 atom stereocenters. The van der Waals surface area contributed by atoms with Crippen molar-refractivity contribution < 1.29 is 9.90 Å². The van der Waals surface area contributed by atoms with Gasteiger partial charge in [-0.1, -0.05) is 6.07 Å². The minimum Gasteiger partial charge on any atom is -0.476 e. The SMILES string of the molecule is Cc1cccnc1-c1ncc(Br)c(C(=O)O)n1. The number of halogens is 1. The van der Waals surface area contributed by atoms with Crippen LogP contribution in [0.2, 0.25) is 0 Å². The van der Waals surface area contributed by atoms with Gasteiger partial charge in [0.05, 0.1) is 4.47 Å². The topological polar surface area (TPSA) is 76.0 Å². The highest BCUT2D eigenvalue weighted by Gasteiger charge is 2.14. The van der Waals surface area contributed by atoms with E-state index in [0.717, 1.165) is 5.56 Å². The molecule has 2 aromatic rings. The number of nitrogens with zero attached hydrogens (tertiary/aromatic N) is 3. The summed E-state index contributed by atoms with van der Waals surface area (Å²) in [7, 11) is 0. The minimum absolute atomic E-state index is 0.0694. The van der Waals surface area contributed by atoms with E-state index in [2.05, 4.69) is 30.9 Å². The molecule has 5 nitrogen and oxygen atoms in total. The molecule has 2 aromatic heterocycles. The van der Waals surface area contributed by atoms with Crippen LogP contribution in [-0.2, 0) is 0 Å². The molecule has 17 heavy (non-hydrogen) atoms. The fourth-order valence-electron chi connectivity index (χ4n) is 1.35. The average molecular weight is 294 g/mol. The molecule has 0 aromatic carbocycles. The summed E-state index contributed by atoms with van der Waals surface area (Å²) >= 11 is 3.10. The second-order valence-electron chi connectivity index (χ2n) is 3.36. The molecule has 6 heteroatoms. The predicted molar refractivity (Wildman–Crippen MR) is 64.7 cm³/mol. The number of carbonyl (C=O) groups is 1. The Labute approximate surface area is 106 Å². The van der Waals surface area contributed by atoms with Crippen LogP contribution in [0, 0.1) is 6.92 Å². The van der Waals surface area contributed by atoms with E-state index >= 15 is 0 Å². The zero-order chi connectivity index (χ0) is 12.4. The van der Waals surface area contributed by atoms with Gasteiger partial charge in [0.15, 0.2) is 11.5 Å². The van der Waals surface area contributed by atoms with Crippen molar-refractivity contribution in [3.05, 3.63) is 40.3 Å². The van der Waals surface area contributed by atoms with Gasteiger partial charge in [-0.05, 0) is 34.5 Å².